The van der Waals surface area contributed by atoms with Crippen LogP contribution in [-0.4, -0.2) is 41.7 Å². The van der Waals surface area contributed by atoms with Crippen LogP contribution in [0.25, 0.3) is 0 Å². The Kier molecular flexibility index (Phi) is 5.72. The summed E-state index contributed by atoms with van der Waals surface area (Å²) in [5.74, 6) is 1.41. The van der Waals surface area contributed by atoms with Gasteiger partial charge in [-0.05, 0) is 36.8 Å². The predicted octanol–water partition coefficient (Wildman–Crippen LogP) is 3.56. The van der Waals surface area contributed by atoms with Gasteiger partial charge in [-0.15, -0.1) is 0 Å². The van der Waals surface area contributed by atoms with Gasteiger partial charge in [-0.25, -0.2) is 9.78 Å². The molecule has 25 heavy (non-hydrogen) atoms. The minimum absolute atomic E-state index is 0.00464. The monoisotopic (exact) mass is 341 g/mol. The Balaban J connectivity index is 1.41. The van der Waals surface area contributed by atoms with Crippen molar-refractivity contribution >= 4 is 11.7 Å². The van der Waals surface area contributed by atoms with Crippen molar-refractivity contribution in [2.75, 3.05) is 25.0 Å². The molecule has 0 bridgehead atoms. The van der Waals surface area contributed by atoms with Gasteiger partial charge in [-0.2, -0.15) is 0 Å². The average molecular weight is 341 g/mol. The van der Waals surface area contributed by atoms with E-state index in [0.29, 0.717) is 25.6 Å². The number of amides is 2. The maximum absolute atomic E-state index is 12.2. The maximum Gasteiger partial charge on any atom is 0.322 e. The summed E-state index contributed by atoms with van der Waals surface area (Å²) >= 11 is 0. The summed E-state index contributed by atoms with van der Waals surface area (Å²) in [6.07, 6.45) is 3.83. The van der Waals surface area contributed by atoms with Gasteiger partial charge >= 0.3 is 6.03 Å². The number of carbonyl (C=O) groups excluding carboxylic acids is 1. The fourth-order valence-electron chi connectivity index (χ4n) is 2.44. The van der Waals surface area contributed by atoms with Gasteiger partial charge in [0.2, 0.25) is 5.88 Å². The first-order valence-electron chi connectivity index (χ1n) is 8.61. The van der Waals surface area contributed by atoms with Gasteiger partial charge in [-0.3, -0.25) is 0 Å². The first-order chi connectivity index (χ1) is 12.2. The lowest BCUT2D eigenvalue weighted by Gasteiger charge is -2.38. The fraction of sp³-hybridized carbons (Fsp3) is 0.368. The number of hydrogen-bond acceptors (Lipinski definition) is 4. The normalized spacial score (nSPS) is 13.9. The molecule has 1 aliphatic rings. The number of hydrogen-bond donors (Lipinski definition) is 1. The van der Waals surface area contributed by atoms with Crippen molar-refractivity contribution in [3.8, 4) is 11.6 Å². The molecule has 0 atom stereocenters. The molecule has 2 aromatic rings. The number of anilines is 1. The molecule has 1 aliphatic heterocycles. The molecule has 0 spiro atoms. The number of nitrogens with zero attached hydrogens (tertiary/aromatic N) is 2. The molecule has 2 heterocycles. The first-order valence-corrected chi connectivity index (χ1v) is 8.61. The zero-order valence-corrected chi connectivity index (χ0v) is 14.4. The molecular weight excluding hydrogens is 318 g/mol. The molecular formula is C19H23N3O3. The number of pyridine rings is 1. The Morgan fingerprint density at radius 3 is 2.72 bits per heavy atom. The van der Waals surface area contributed by atoms with E-state index >= 15 is 0 Å². The second-order valence-electron chi connectivity index (χ2n) is 5.97. The van der Waals surface area contributed by atoms with Crippen LogP contribution in [0.2, 0.25) is 0 Å². The number of likely N-dealkylation sites (tertiary alicyclic amines) is 1. The minimum atomic E-state index is -0.125. The highest BCUT2D eigenvalue weighted by Gasteiger charge is 2.32. The zero-order chi connectivity index (χ0) is 17.5. The summed E-state index contributed by atoms with van der Waals surface area (Å²) in [4.78, 5) is 18.0. The topological polar surface area (TPSA) is 63.7 Å². The Hall–Kier alpha value is -2.76. The van der Waals surface area contributed by atoms with Crippen molar-refractivity contribution in [3.05, 3.63) is 48.7 Å². The number of ether oxygens (including phenoxy) is 2. The number of benzene rings is 1. The summed E-state index contributed by atoms with van der Waals surface area (Å²) in [7, 11) is 0. The van der Waals surface area contributed by atoms with Crippen LogP contribution in [0.5, 0.6) is 11.6 Å². The second kappa shape index (κ2) is 8.37. The molecule has 1 saturated heterocycles. The lowest BCUT2D eigenvalue weighted by atomic mass is 10.2. The van der Waals surface area contributed by atoms with E-state index in [1.54, 1.807) is 11.1 Å². The summed E-state index contributed by atoms with van der Waals surface area (Å²) in [5.41, 5.74) is 0.752. The van der Waals surface area contributed by atoms with Crippen molar-refractivity contribution in [2.24, 2.45) is 0 Å². The third kappa shape index (κ3) is 4.86. The Labute approximate surface area is 147 Å². The quantitative estimate of drug-likeness (QED) is 0.782. The van der Waals surface area contributed by atoms with Crippen molar-refractivity contribution in [3.63, 3.8) is 0 Å². The van der Waals surface area contributed by atoms with E-state index in [2.05, 4.69) is 17.2 Å². The van der Waals surface area contributed by atoms with Crippen LogP contribution >= 0.6 is 0 Å². The lowest BCUT2D eigenvalue weighted by Crippen LogP contribution is -2.57. The molecule has 1 aromatic carbocycles. The van der Waals surface area contributed by atoms with Crippen molar-refractivity contribution in [1.82, 2.24) is 9.88 Å². The molecule has 0 aliphatic carbocycles. The van der Waals surface area contributed by atoms with E-state index in [0.717, 1.165) is 24.3 Å². The van der Waals surface area contributed by atoms with Gasteiger partial charge in [0.25, 0.3) is 0 Å². The smallest absolute Gasteiger partial charge is 0.322 e. The van der Waals surface area contributed by atoms with Gasteiger partial charge < -0.3 is 19.7 Å². The highest BCUT2D eigenvalue weighted by Crippen LogP contribution is 2.19. The van der Waals surface area contributed by atoms with E-state index in [1.807, 2.05) is 42.5 Å². The zero-order valence-electron chi connectivity index (χ0n) is 14.4. The van der Waals surface area contributed by atoms with E-state index < -0.39 is 0 Å². The van der Waals surface area contributed by atoms with Crippen LogP contribution in [0.1, 0.15) is 19.8 Å². The van der Waals surface area contributed by atoms with Crippen LogP contribution in [0.4, 0.5) is 10.5 Å². The van der Waals surface area contributed by atoms with Crippen molar-refractivity contribution in [2.45, 2.75) is 25.9 Å². The molecule has 6 nitrogen and oxygen atoms in total. The maximum atomic E-state index is 12.2. The molecule has 1 fully saturated rings. The molecule has 3 rings (SSSR count). The number of nitrogens with one attached hydrogen (secondary N) is 1. The van der Waals surface area contributed by atoms with Crippen LogP contribution in [0.3, 0.4) is 0 Å². The standard InChI is InChI=1S/C19H23N3O3/c1-2-3-12-24-16-9-7-15(8-10-16)21-19(23)22-13-17(14-22)25-18-6-4-5-11-20-18/h4-11,17H,2-3,12-14H2,1H3,(H,21,23). The first kappa shape index (κ1) is 17.1. The summed E-state index contributed by atoms with van der Waals surface area (Å²) in [6, 6.07) is 12.8. The molecule has 0 radical (unpaired) electrons. The van der Waals surface area contributed by atoms with Crippen LogP contribution < -0.4 is 14.8 Å². The Bertz CT molecular complexity index is 670. The third-order valence-corrected chi connectivity index (χ3v) is 3.93. The second-order valence-corrected chi connectivity index (χ2v) is 5.97. The molecule has 1 N–H and O–H groups in total. The lowest BCUT2D eigenvalue weighted by molar-refractivity contribution is 0.0461. The fourth-order valence-corrected chi connectivity index (χ4v) is 2.44. The number of carbonyl (C=O) groups is 1. The van der Waals surface area contributed by atoms with Crippen LogP contribution in [0.15, 0.2) is 48.7 Å². The van der Waals surface area contributed by atoms with Crippen LogP contribution in [-0.2, 0) is 0 Å². The summed E-state index contributed by atoms with van der Waals surface area (Å²) < 4.78 is 11.3. The number of urea groups is 1. The van der Waals surface area contributed by atoms with Gasteiger partial charge in [0, 0.05) is 18.0 Å². The molecule has 2 amide bonds. The highest BCUT2D eigenvalue weighted by atomic mass is 16.5. The molecule has 0 unspecified atom stereocenters. The summed E-state index contributed by atoms with van der Waals surface area (Å²) in [5, 5.41) is 2.88. The molecule has 1 aromatic heterocycles. The highest BCUT2D eigenvalue weighted by molar-refractivity contribution is 5.90. The number of aromatic nitrogens is 1. The average Bonchev–Trinajstić information content (AvgIpc) is 2.60. The van der Waals surface area contributed by atoms with E-state index in [4.69, 9.17) is 9.47 Å². The predicted molar refractivity (Wildman–Crippen MR) is 96.1 cm³/mol. The Morgan fingerprint density at radius 1 is 1.24 bits per heavy atom. The minimum Gasteiger partial charge on any atom is -0.494 e. The van der Waals surface area contributed by atoms with Gasteiger partial charge in [0.15, 0.2) is 0 Å². The molecule has 6 heteroatoms. The number of unbranched alkanes of at least 4 members (excludes halogenated alkanes) is 1. The SMILES string of the molecule is CCCCOc1ccc(NC(=O)N2CC(Oc3ccccn3)C2)cc1. The van der Waals surface area contributed by atoms with Gasteiger partial charge in [-0.1, -0.05) is 19.4 Å². The van der Waals surface area contributed by atoms with E-state index in [1.165, 1.54) is 0 Å². The van der Waals surface area contributed by atoms with Crippen LogP contribution in [0, 0.1) is 0 Å². The number of rotatable bonds is 7. The van der Waals surface area contributed by atoms with Crippen molar-refractivity contribution < 1.29 is 14.3 Å². The van der Waals surface area contributed by atoms with Gasteiger partial charge in [0.1, 0.15) is 11.9 Å². The van der Waals surface area contributed by atoms with Crippen molar-refractivity contribution in [1.29, 1.82) is 0 Å². The largest absolute Gasteiger partial charge is 0.494 e. The van der Waals surface area contributed by atoms with E-state index in [9.17, 15) is 4.79 Å². The molecule has 0 saturated carbocycles. The third-order valence-electron chi connectivity index (χ3n) is 3.93. The van der Waals surface area contributed by atoms with Gasteiger partial charge in [0.05, 0.1) is 19.7 Å². The van der Waals surface area contributed by atoms with E-state index in [-0.39, 0.29) is 12.1 Å². The molecule has 132 valence electrons. The Morgan fingerprint density at radius 2 is 2.04 bits per heavy atom. The summed E-state index contributed by atoms with van der Waals surface area (Å²) in [6.45, 7) is 3.96.